The van der Waals surface area contributed by atoms with E-state index in [1.807, 2.05) is 6.07 Å². The highest BCUT2D eigenvalue weighted by Crippen LogP contribution is 2.14. The Labute approximate surface area is 125 Å². The highest BCUT2D eigenvalue weighted by atomic mass is 19.1. The van der Waals surface area contributed by atoms with Crippen molar-refractivity contribution in [3.05, 3.63) is 59.3 Å². The predicted molar refractivity (Wildman–Crippen MR) is 80.1 cm³/mol. The van der Waals surface area contributed by atoms with Gasteiger partial charge in [-0.1, -0.05) is 32.0 Å². The quantitative estimate of drug-likeness (QED) is 0.801. The van der Waals surface area contributed by atoms with Crippen molar-refractivity contribution >= 4 is 0 Å². The van der Waals surface area contributed by atoms with E-state index >= 15 is 0 Å². The van der Waals surface area contributed by atoms with Crippen molar-refractivity contribution in [3.8, 4) is 0 Å². The van der Waals surface area contributed by atoms with E-state index in [0.717, 1.165) is 17.9 Å². The second-order valence-corrected chi connectivity index (χ2v) is 5.48. The third-order valence-electron chi connectivity index (χ3n) is 3.15. The molecule has 0 aliphatic heterocycles. The van der Waals surface area contributed by atoms with Crippen LogP contribution in [0.15, 0.2) is 41.0 Å². The first-order chi connectivity index (χ1) is 10.2. The molecule has 0 aliphatic rings. The second kappa shape index (κ2) is 7.96. The van der Waals surface area contributed by atoms with Crippen LogP contribution in [0, 0.1) is 11.7 Å². The molecule has 0 spiro atoms. The summed E-state index contributed by atoms with van der Waals surface area (Å²) in [6.07, 6.45) is 1.66. The lowest BCUT2D eigenvalue weighted by molar-refractivity contribution is 0.103. The topological polar surface area (TPSA) is 34.4 Å². The van der Waals surface area contributed by atoms with Crippen molar-refractivity contribution < 1.29 is 13.5 Å². The predicted octanol–water partition coefficient (Wildman–Crippen LogP) is 3.88. The molecule has 0 saturated carbocycles. The van der Waals surface area contributed by atoms with E-state index in [0.29, 0.717) is 24.6 Å². The third-order valence-corrected chi connectivity index (χ3v) is 3.15. The molecule has 21 heavy (non-hydrogen) atoms. The number of hydrogen-bond donors (Lipinski definition) is 1. The summed E-state index contributed by atoms with van der Waals surface area (Å²) in [4.78, 5) is 0. The summed E-state index contributed by atoms with van der Waals surface area (Å²) < 4.78 is 24.5. The van der Waals surface area contributed by atoms with Crippen molar-refractivity contribution in [2.24, 2.45) is 5.92 Å². The van der Waals surface area contributed by atoms with Crippen molar-refractivity contribution in [1.29, 1.82) is 0 Å². The molecule has 0 saturated heterocycles. The van der Waals surface area contributed by atoms with Gasteiger partial charge in [0.15, 0.2) is 0 Å². The summed E-state index contributed by atoms with van der Waals surface area (Å²) in [5.74, 6) is 1.24. The Morgan fingerprint density at radius 3 is 2.67 bits per heavy atom. The molecule has 0 amide bonds. The Hall–Kier alpha value is -1.65. The van der Waals surface area contributed by atoms with Crippen LogP contribution in [0.25, 0.3) is 0 Å². The summed E-state index contributed by atoms with van der Waals surface area (Å²) in [5.41, 5.74) is 1.57. The maximum Gasteiger partial charge on any atom is 0.128 e. The minimum Gasteiger partial charge on any atom is -0.468 e. The molecule has 0 fully saturated rings. The van der Waals surface area contributed by atoms with Gasteiger partial charge in [-0.15, -0.1) is 0 Å². The molecule has 2 aromatic rings. The molecule has 0 bridgehead atoms. The number of rotatable bonds is 8. The molecule has 0 aliphatic carbocycles. The Bertz CT molecular complexity index is 551. The zero-order chi connectivity index (χ0) is 15.1. The van der Waals surface area contributed by atoms with Gasteiger partial charge in [0.1, 0.15) is 11.6 Å². The van der Waals surface area contributed by atoms with Crippen LogP contribution in [-0.4, -0.2) is 6.54 Å². The first-order valence-corrected chi connectivity index (χ1v) is 7.24. The van der Waals surface area contributed by atoms with Gasteiger partial charge in [0.05, 0.1) is 26.0 Å². The molecule has 114 valence electrons. The maximum atomic E-state index is 13.5. The smallest absolute Gasteiger partial charge is 0.128 e. The van der Waals surface area contributed by atoms with Crippen LogP contribution in [0.5, 0.6) is 0 Å². The fourth-order valence-corrected chi connectivity index (χ4v) is 2.01. The third kappa shape index (κ3) is 4.99. The van der Waals surface area contributed by atoms with Crippen LogP contribution >= 0.6 is 0 Å². The molecule has 2 rings (SSSR count). The highest BCUT2D eigenvalue weighted by Gasteiger charge is 2.07. The Balaban J connectivity index is 1.81. The largest absolute Gasteiger partial charge is 0.468 e. The van der Waals surface area contributed by atoms with Crippen LogP contribution in [0.2, 0.25) is 0 Å². The van der Waals surface area contributed by atoms with Gasteiger partial charge in [-0.05, 0) is 24.6 Å². The Kier molecular flexibility index (Phi) is 5.96. The lowest BCUT2D eigenvalue weighted by Gasteiger charge is -2.08. The van der Waals surface area contributed by atoms with Crippen molar-refractivity contribution in [1.82, 2.24) is 5.32 Å². The standard InChI is InChI=1S/C17H22FNO2/c1-13(2)9-19-10-17-15(7-8-21-17)12-20-11-14-5-3-4-6-16(14)18/h3-8,13,19H,9-12H2,1-2H3. The maximum absolute atomic E-state index is 13.5. The molecule has 1 aromatic carbocycles. The van der Waals surface area contributed by atoms with Crippen molar-refractivity contribution in [3.63, 3.8) is 0 Å². The van der Waals surface area contributed by atoms with Gasteiger partial charge in [-0.25, -0.2) is 4.39 Å². The number of ether oxygens (including phenoxy) is 1. The van der Waals surface area contributed by atoms with Gasteiger partial charge in [0.25, 0.3) is 0 Å². The van der Waals surface area contributed by atoms with Gasteiger partial charge in [-0.2, -0.15) is 0 Å². The van der Waals surface area contributed by atoms with E-state index in [4.69, 9.17) is 9.15 Å². The Morgan fingerprint density at radius 1 is 1.14 bits per heavy atom. The Morgan fingerprint density at radius 2 is 1.90 bits per heavy atom. The summed E-state index contributed by atoms with van der Waals surface area (Å²) in [7, 11) is 0. The van der Waals surface area contributed by atoms with Gasteiger partial charge < -0.3 is 14.5 Å². The van der Waals surface area contributed by atoms with E-state index in [-0.39, 0.29) is 12.4 Å². The average Bonchev–Trinajstić information content (AvgIpc) is 2.88. The highest BCUT2D eigenvalue weighted by molar-refractivity contribution is 5.17. The summed E-state index contributed by atoms with van der Waals surface area (Å²) in [6, 6.07) is 8.55. The summed E-state index contributed by atoms with van der Waals surface area (Å²) in [5, 5.41) is 3.34. The summed E-state index contributed by atoms with van der Waals surface area (Å²) in [6.45, 7) is 6.63. The number of halogens is 1. The van der Waals surface area contributed by atoms with Gasteiger partial charge in [0.2, 0.25) is 0 Å². The normalized spacial score (nSPS) is 11.2. The zero-order valence-corrected chi connectivity index (χ0v) is 12.6. The monoisotopic (exact) mass is 291 g/mol. The summed E-state index contributed by atoms with van der Waals surface area (Å²) >= 11 is 0. The minimum absolute atomic E-state index is 0.233. The SMILES string of the molecule is CC(C)CNCc1occc1COCc1ccccc1F. The molecule has 1 aromatic heterocycles. The molecule has 0 radical (unpaired) electrons. The molecule has 0 unspecified atom stereocenters. The fraction of sp³-hybridized carbons (Fsp3) is 0.412. The van der Waals surface area contributed by atoms with E-state index < -0.39 is 0 Å². The van der Waals surface area contributed by atoms with Gasteiger partial charge in [-0.3, -0.25) is 0 Å². The van der Waals surface area contributed by atoms with E-state index in [1.165, 1.54) is 6.07 Å². The molecule has 4 heteroatoms. The fourth-order valence-electron chi connectivity index (χ4n) is 2.01. The van der Waals surface area contributed by atoms with Crippen LogP contribution in [-0.2, 0) is 24.5 Å². The molecule has 0 atom stereocenters. The van der Waals surface area contributed by atoms with Gasteiger partial charge in [0, 0.05) is 11.1 Å². The van der Waals surface area contributed by atoms with Crippen LogP contribution < -0.4 is 5.32 Å². The van der Waals surface area contributed by atoms with Crippen molar-refractivity contribution in [2.45, 2.75) is 33.6 Å². The second-order valence-electron chi connectivity index (χ2n) is 5.48. The number of nitrogens with one attached hydrogen (secondary N) is 1. The number of benzene rings is 1. The van der Waals surface area contributed by atoms with Crippen LogP contribution in [0.1, 0.15) is 30.7 Å². The van der Waals surface area contributed by atoms with E-state index in [1.54, 1.807) is 24.5 Å². The van der Waals surface area contributed by atoms with Crippen LogP contribution in [0.3, 0.4) is 0 Å². The zero-order valence-electron chi connectivity index (χ0n) is 12.6. The lowest BCUT2D eigenvalue weighted by Crippen LogP contribution is -2.19. The lowest BCUT2D eigenvalue weighted by atomic mass is 10.2. The minimum atomic E-state index is -0.233. The van der Waals surface area contributed by atoms with Crippen molar-refractivity contribution in [2.75, 3.05) is 6.54 Å². The van der Waals surface area contributed by atoms with Gasteiger partial charge >= 0.3 is 0 Å². The molecule has 1 N–H and O–H groups in total. The molecule has 3 nitrogen and oxygen atoms in total. The first kappa shape index (κ1) is 15.7. The van der Waals surface area contributed by atoms with Crippen LogP contribution in [0.4, 0.5) is 4.39 Å². The molecular weight excluding hydrogens is 269 g/mol. The van der Waals surface area contributed by atoms with E-state index in [2.05, 4.69) is 19.2 Å². The number of hydrogen-bond acceptors (Lipinski definition) is 3. The first-order valence-electron chi connectivity index (χ1n) is 7.24. The number of furan rings is 1. The van der Waals surface area contributed by atoms with E-state index in [9.17, 15) is 4.39 Å². The molecular formula is C17H22FNO2. The average molecular weight is 291 g/mol. The molecule has 1 heterocycles.